The summed E-state index contributed by atoms with van der Waals surface area (Å²) in [5.41, 5.74) is 5.60. The molecule has 2 nitrogen and oxygen atoms in total. The smallest absolute Gasteiger partial charge is 0.152 e. The second-order valence-electron chi connectivity index (χ2n) is 11.2. The zero-order chi connectivity index (χ0) is 29.3. The average Bonchev–Trinajstić information content (AvgIpc) is 2.83. The molecule has 0 saturated carbocycles. The van der Waals surface area contributed by atoms with Crippen LogP contribution in [0.25, 0.3) is 0 Å². The van der Waals surface area contributed by atoms with Crippen molar-refractivity contribution in [2.75, 3.05) is 0 Å². The molecule has 0 aliphatic heterocycles. The third-order valence-electron chi connectivity index (χ3n) is 6.53. The molecule has 2 atom stereocenters. The number of hydrogen-bond donors (Lipinski definition) is 0. The molecule has 2 heteroatoms. The summed E-state index contributed by atoms with van der Waals surface area (Å²) in [6.07, 6.45) is 26.9. The molecule has 0 saturated heterocycles. The molecule has 0 N–H and O–H groups in total. The fourth-order valence-electron chi connectivity index (χ4n) is 3.95. The number of hydrogen-bond acceptors (Lipinski definition) is 2. The Balaban J connectivity index is 0. The number of allylic oxidation sites excluding steroid dienone is 11. The highest BCUT2D eigenvalue weighted by Gasteiger charge is 2.03. The van der Waals surface area contributed by atoms with Crippen molar-refractivity contribution in [1.82, 2.24) is 0 Å². The van der Waals surface area contributed by atoms with E-state index in [-0.39, 0.29) is 11.6 Å². The molecule has 0 aromatic carbocycles. The summed E-state index contributed by atoms with van der Waals surface area (Å²) in [5.74, 6) is 1.36. The average molecular weight is 525 g/mol. The van der Waals surface area contributed by atoms with E-state index >= 15 is 0 Å². The van der Waals surface area contributed by atoms with Crippen molar-refractivity contribution in [2.24, 2.45) is 11.8 Å². The van der Waals surface area contributed by atoms with E-state index < -0.39 is 0 Å². The lowest BCUT2D eigenvalue weighted by Crippen LogP contribution is -1.96. The number of rotatable bonds is 19. The van der Waals surface area contributed by atoms with Crippen LogP contribution >= 0.6 is 0 Å². The molecular formula is C36H60O2. The summed E-state index contributed by atoms with van der Waals surface area (Å²) >= 11 is 0. The van der Waals surface area contributed by atoms with Crippen LogP contribution in [0.2, 0.25) is 0 Å². The van der Waals surface area contributed by atoms with Gasteiger partial charge in [-0.05, 0) is 143 Å². The van der Waals surface area contributed by atoms with Crippen LogP contribution in [0.15, 0.2) is 71.4 Å². The minimum atomic E-state index is 0.143. The number of carbonyl (C=O) groups excluding carboxylic acids is 2. The topological polar surface area (TPSA) is 34.1 Å². The third kappa shape index (κ3) is 28.4. The van der Waals surface area contributed by atoms with Crippen molar-refractivity contribution in [3.05, 3.63) is 71.4 Å². The van der Waals surface area contributed by atoms with E-state index in [0.29, 0.717) is 11.8 Å². The molecule has 0 aromatic rings. The number of ketones is 2. The van der Waals surface area contributed by atoms with Crippen molar-refractivity contribution >= 4 is 11.6 Å². The first-order valence-electron chi connectivity index (χ1n) is 14.9. The van der Waals surface area contributed by atoms with Crippen LogP contribution in [0.3, 0.4) is 0 Å². The van der Waals surface area contributed by atoms with Crippen molar-refractivity contribution in [3.63, 3.8) is 0 Å². The Morgan fingerprint density at radius 1 is 0.632 bits per heavy atom. The zero-order valence-corrected chi connectivity index (χ0v) is 26.5. The molecule has 2 unspecified atom stereocenters. The Hall–Kier alpha value is -2.22. The highest BCUT2D eigenvalue weighted by atomic mass is 16.1. The summed E-state index contributed by atoms with van der Waals surface area (Å²) in [7, 11) is 0. The Bertz CT molecular complexity index is 808. The van der Waals surface area contributed by atoms with Gasteiger partial charge in [0.15, 0.2) is 11.6 Å². The molecule has 0 radical (unpaired) electrons. The van der Waals surface area contributed by atoms with E-state index in [0.717, 1.165) is 64.2 Å². The first-order chi connectivity index (χ1) is 17.9. The fourth-order valence-corrected chi connectivity index (χ4v) is 3.95. The van der Waals surface area contributed by atoms with Gasteiger partial charge in [-0.1, -0.05) is 73.1 Å². The van der Waals surface area contributed by atoms with Gasteiger partial charge in [-0.3, -0.25) is 9.59 Å². The van der Waals surface area contributed by atoms with Crippen LogP contribution in [0.4, 0.5) is 0 Å². The van der Waals surface area contributed by atoms with Crippen LogP contribution in [-0.2, 0) is 9.59 Å². The molecule has 38 heavy (non-hydrogen) atoms. The van der Waals surface area contributed by atoms with Crippen LogP contribution < -0.4 is 0 Å². The fraction of sp³-hybridized carbons (Fsp3) is 0.611. The van der Waals surface area contributed by atoms with Crippen molar-refractivity contribution in [3.8, 4) is 0 Å². The minimum absolute atomic E-state index is 0.143. The maximum atomic E-state index is 10.9. The molecule has 0 aliphatic carbocycles. The lowest BCUT2D eigenvalue weighted by atomic mass is 9.96. The lowest BCUT2D eigenvalue weighted by molar-refractivity contribution is -0.113. The molecule has 216 valence electrons. The van der Waals surface area contributed by atoms with E-state index in [4.69, 9.17) is 0 Å². The molecule has 0 heterocycles. The Morgan fingerprint density at radius 2 is 1.11 bits per heavy atom. The summed E-state index contributed by atoms with van der Waals surface area (Å²) in [4.78, 5) is 21.8. The highest BCUT2D eigenvalue weighted by molar-refractivity contribution is 5.87. The predicted molar refractivity (Wildman–Crippen MR) is 171 cm³/mol. The lowest BCUT2D eigenvalue weighted by Gasteiger charge is -2.10. The molecule has 0 fully saturated rings. The highest BCUT2D eigenvalue weighted by Crippen LogP contribution is 2.19. The van der Waals surface area contributed by atoms with Gasteiger partial charge in [0.2, 0.25) is 0 Å². The van der Waals surface area contributed by atoms with Gasteiger partial charge in [0.05, 0.1) is 0 Å². The first kappa shape index (κ1) is 37.9. The molecule has 0 bridgehead atoms. The Morgan fingerprint density at radius 3 is 1.55 bits per heavy atom. The summed E-state index contributed by atoms with van der Waals surface area (Å²) in [6, 6.07) is 0. The second kappa shape index (κ2) is 25.1. The SMILES string of the molecule is C=C(CCC=C(C)C)CCCC(/C=C/C(C)=O)CC.CCC(/C=C/C(C)=O)CC/C=C(\C)CCC=C(C)C. The summed E-state index contributed by atoms with van der Waals surface area (Å²) in [6.45, 7) is 22.5. The molecule has 0 spiro atoms. The van der Waals surface area contributed by atoms with Gasteiger partial charge in [-0.15, -0.1) is 0 Å². The summed E-state index contributed by atoms with van der Waals surface area (Å²) < 4.78 is 0. The van der Waals surface area contributed by atoms with Gasteiger partial charge in [0.25, 0.3) is 0 Å². The van der Waals surface area contributed by atoms with Gasteiger partial charge >= 0.3 is 0 Å². The van der Waals surface area contributed by atoms with Crippen molar-refractivity contribution < 1.29 is 9.59 Å². The van der Waals surface area contributed by atoms with Gasteiger partial charge in [0.1, 0.15) is 0 Å². The monoisotopic (exact) mass is 524 g/mol. The maximum Gasteiger partial charge on any atom is 0.152 e. The normalized spacial score (nSPS) is 13.0. The van der Waals surface area contributed by atoms with Gasteiger partial charge < -0.3 is 0 Å². The quantitative estimate of drug-likeness (QED) is 0.124. The van der Waals surface area contributed by atoms with Crippen LogP contribution in [0, 0.1) is 11.8 Å². The molecule has 0 aromatic heterocycles. The van der Waals surface area contributed by atoms with Crippen molar-refractivity contribution in [2.45, 2.75) is 133 Å². The van der Waals surface area contributed by atoms with Crippen LogP contribution in [0.1, 0.15) is 133 Å². The standard InChI is InChI=1S/2C18H30O/c2*1-6-18(14-13-17(5)19)12-8-11-16(4)10-7-9-15(2)3/h9,11,13-14,18H,6-8,10,12H2,1-5H3;9,13-14,18H,4,6-8,10-12H2,1-3,5H3/b14-13+,16-11+;14-13+. The van der Waals surface area contributed by atoms with E-state index in [9.17, 15) is 9.59 Å². The minimum Gasteiger partial charge on any atom is -0.295 e. The maximum absolute atomic E-state index is 10.9. The van der Waals surface area contributed by atoms with Crippen LogP contribution in [0.5, 0.6) is 0 Å². The molecule has 0 aliphatic rings. The van der Waals surface area contributed by atoms with Gasteiger partial charge in [-0.2, -0.15) is 0 Å². The zero-order valence-electron chi connectivity index (χ0n) is 26.5. The van der Waals surface area contributed by atoms with Gasteiger partial charge in [0, 0.05) is 0 Å². The van der Waals surface area contributed by atoms with E-state index in [1.807, 2.05) is 0 Å². The molecule has 0 amide bonds. The largest absolute Gasteiger partial charge is 0.295 e. The molecule has 0 rings (SSSR count). The Labute approximate surface area is 237 Å². The Kier molecular flexibility index (Phi) is 25.0. The van der Waals surface area contributed by atoms with E-state index in [2.05, 4.69) is 85.4 Å². The second-order valence-corrected chi connectivity index (χ2v) is 11.2. The van der Waals surface area contributed by atoms with Crippen LogP contribution in [-0.4, -0.2) is 11.6 Å². The van der Waals surface area contributed by atoms with E-state index in [1.165, 1.54) is 28.7 Å². The third-order valence-corrected chi connectivity index (χ3v) is 6.53. The van der Waals surface area contributed by atoms with E-state index in [1.54, 1.807) is 26.0 Å². The van der Waals surface area contributed by atoms with Gasteiger partial charge in [-0.25, -0.2) is 0 Å². The van der Waals surface area contributed by atoms with Crippen molar-refractivity contribution in [1.29, 1.82) is 0 Å². The number of carbonyl (C=O) groups is 2. The predicted octanol–water partition coefficient (Wildman–Crippen LogP) is 11.3. The first-order valence-corrected chi connectivity index (χ1v) is 14.9. The summed E-state index contributed by atoms with van der Waals surface area (Å²) in [5, 5.41) is 0. The molecular weight excluding hydrogens is 464 g/mol.